The third-order valence-electron chi connectivity index (χ3n) is 3.37. The Balaban J connectivity index is 2.37. The van der Waals surface area contributed by atoms with Crippen LogP contribution >= 0.6 is 0 Å². The topological polar surface area (TPSA) is 29.1 Å². The van der Waals surface area contributed by atoms with Crippen molar-refractivity contribution in [2.75, 3.05) is 5.32 Å². The Morgan fingerprint density at radius 2 is 1.68 bits per heavy atom. The molecule has 0 heterocycles. The molecule has 0 saturated carbocycles. The van der Waals surface area contributed by atoms with E-state index in [0.29, 0.717) is 6.42 Å². The summed E-state index contributed by atoms with van der Waals surface area (Å²) in [5, 5.41) is 3.41. The van der Waals surface area contributed by atoms with Crippen molar-refractivity contribution in [2.45, 2.75) is 27.2 Å². The van der Waals surface area contributed by atoms with Gasteiger partial charge in [-0.2, -0.15) is 0 Å². The van der Waals surface area contributed by atoms with E-state index in [1.165, 1.54) is 5.56 Å². The van der Waals surface area contributed by atoms with E-state index in [0.717, 1.165) is 22.5 Å². The molecule has 2 aromatic carbocycles. The zero-order chi connectivity index (χ0) is 13.8. The number of para-hydroxylation sites is 1. The molecule has 0 aliphatic rings. The highest BCUT2D eigenvalue weighted by Crippen LogP contribution is 2.25. The molecule has 2 heteroatoms. The predicted molar refractivity (Wildman–Crippen MR) is 80.3 cm³/mol. The largest absolute Gasteiger partial charge is 0.355 e. The quantitative estimate of drug-likeness (QED) is 0.804. The molecule has 0 saturated heterocycles. The summed E-state index contributed by atoms with van der Waals surface area (Å²) in [4.78, 5) is 11.9. The van der Waals surface area contributed by atoms with Crippen LogP contribution in [0.3, 0.4) is 0 Å². The van der Waals surface area contributed by atoms with Crippen molar-refractivity contribution in [3.05, 3.63) is 59.2 Å². The second-order valence-electron chi connectivity index (χ2n) is 4.69. The van der Waals surface area contributed by atoms with Crippen molar-refractivity contribution in [3.8, 4) is 0 Å². The van der Waals surface area contributed by atoms with Crippen molar-refractivity contribution in [1.82, 2.24) is 0 Å². The molecule has 2 aromatic rings. The van der Waals surface area contributed by atoms with E-state index < -0.39 is 0 Å². The monoisotopic (exact) mass is 253 g/mol. The van der Waals surface area contributed by atoms with Gasteiger partial charge in [0.1, 0.15) is 0 Å². The number of anilines is 2. The summed E-state index contributed by atoms with van der Waals surface area (Å²) in [7, 11) is 0. The van der Waals surface area contributed by atoms with Crippen LogP contribution in [-0.2, 0) is 0 Å². The van der Waals surface area contributed by atoms with E-state index in [4.69, 9.17) is 0 Å². The molecule has 19 heavy (non-hydrogen) atoms. The predicted octanol–water partition coefficient (Wildman–Crippen LogP) is 4.64. The fourth-order valence-corrected chi connectivity index (χ4v) is 2.12. The molecule has 98 valence electrons. The van der Waals surface area contributed by atoms with Crippen molar-refractivity contribution in [1.29, 1.82) is 0 Å². The summed E-state index contributed by atoms with van der Waals surface area (Å²) in [6, 6.07) is 14.0. The SMILES string of the molecule is CCC(=O)c1cccc(Nc2ccccc2C)c1C. The number of nitrogens with one attached hydrogen (secondary N) is 1. The maximum Gasteiger partial charge on any atom is 0.162 e. The molecule has 2 nitrogen and oxygen atoms in total. The molecule has 0 aliphatic carbocycles. The minimum Gasteiger partial charge on any atom is -0.355 e. The van der Waals surface area contributed by atoms with E-state index in [2.05, 4.69) is 18.3 Å². The lowest BCUT2D eigenvalue weighted by Crippen LogP contribution is -2.03. The molecule has 0 radical (unpaired) electrons. The Bertz CT molecular complexity index is 602. The van der Waals surface area contributed by atoms with Crippen LogP contribution < -0.4 is 5.32 Å². The van der Waals surface area contributed by atoms with E-state index in [-0.39, 0.29) is 5.78 Å². The lowest BCUT2D eigenvalue weighted by atomic mass is 10.0. The average molecular weight is 253 g/mol. The number of hydrogen-bond acceptors (Lipinski definition) is 2. The summed E-state index contributed by atoms with van der Waals surface area (Å²) in [6.07, 6.45) is 0.536. The van der Waals surface area contributed by atoms with Gasteiger partial charge in [-0.15, -0.1) is 0 Å². The Morgan fingerprint density at radius 3 is 2.37 bits per heavy atom. The fourth-order valence-electron chi connectivity index (χ4n) is 2.12. The zero-order valence-corrected chi connectivity index (χ0v) is 11.7. The van der Waals surface area contributed by atoms with Crippen LogP contribution in [0.1, 0.15) is 34.8 Å². The van der Waals surface area contributed by atoms with E-state index in [1.54, 1.807) is 0 Å². The van der Waals surface area contributed by atoms with E-state index in [1.807, 2.05) is 50.2 Å². The van der Waals surface area contributed by atoms with Gasteiger partial charge in [0.05, 0.1) is 0 Å². The first-order valence-corrected chi connectivity index (χ1v) is 6.59. The molecule has 0 aromatic heterocycles. The Morgan fingerprint density at radius 1 is 1.00 bits per heavy atom. The highest BCUT2D eigenvalue weighted by molar-refractivity contribution is 5.98. The van der Waals surface area contributed by atoms with Gasteiger partial charge in [0.15, 0.2) is 5.78 Å². The highest BCUT2D eigenvalue weighted by atomic mass is 16.1. The molecule has 0 bridgehead atoms. The summed E-state index contributed by atoms with van der Waals surface area (Å²) >= 11 is 0. The number of hydrogen-bond donors (Lipinski definition) is 1. The second-order valence-corrected chi connectivity index (χ2v) is 4.69. The van der Waals surface area contributed by atoms with Crippen molar-refractivity contribution >= 4 is 17.2 Å². The van der Waals surface area contributed by atoms with Crippen molar-refractivity contribution in [3.63, 3.8) is 0 Å². The normalized spacial score (nSPS) is 10.3. The first-order valence-electron chi connectivity index (χ1n) is 6.59. The fraction of sp³-hybridized carbons (Fsp3) is 0.235. The molecule has 0 aliphatic heterocycles. The van der Waals surface area contributed by atoms with Gasteiger partial charge < -0.3 is 5.32 Å². The van der Waals surface area contributed by atoms with Gasteiger partial charge in [-0.3, -0.25) is 4.79 Å². The summed E-state index contributed by atoms with van der Waals surface area (Å²) in [5.74, 6) is 0.186. The van der Waals surface area contributed by atoms with Crippen LogP contribution in [0.4, 0.5) is 11.4 Å². The molecule has 0 atom stereocenters. The van der Waals surface area contributed by atoms with Crippen LogP contribution in [0.5, 0.6) is 0 Å². The van der Waals surface area contributed by atoms with E-state index >= 15 is 0 Å². The van der Waals surface area contributed by atoms with Gasteiger partial charge in [-0.25, -0.2) is 0 Å². The molecule has 0 amide bonds. The third-order valence-corrected chi connectivity index (χ3v) is 3.37. The van der Waals surface area contributed by atoms with Gasteiger partial charge in [0, 0.05) is 23.4 Å². The number of rotatable bonds is 4. The van der Waals surface area contributed by atoms with E-state index in [9.17, 15) is 4.79 Å². The summed E-state index contributed by atoms with van der Waals surface area (Å²) in [6.45, 7) is 5.95. The maximum atomic E-state index is 11.9. The standard InChI is InChI=1S/C17H19NO/c1-4-17(19)14-9-7-11-16(13(14)3)18-15-10-6-5-8-12(15)2/h5-11,18H,4H2,1-3H3. The van der Waals surface area contributed by atoms with Gasteiger partial charge in [0.2, 0.25) is 0 Å². The minimum atomic E-state index is 0.186. The number of carbonyl (C=O) groups is 1. The number of Topliss-reactive ketones (excluding diaryl/α,β-unsaturated/α-hetero) is 1. The van der Waals surface area contributed by atoms with Crippen LogP contribution in [0.25, 0.3) is 0 Å². The Hall–Kier alpha value is -2.09. The lowest BCUT2D eigenvalue weighted by molar-refractivity contribution is 0.0987. The first-order chi connectivity index (χ1) is 9.13. The van der Waals surface area contributed by atoms with Crippen molar-refractivity contribution in [2.24, 2.45) is 0 Å². The molecule has 1 N–H and O–H groups in total. The van der Waals surface area contributed by atoms with Crippen LogP contribution in [-0.4, -0.2) is 5.78 Å². The number of ketones is 1. The summed E-state index contributed by atoms with van der Waals surface area (Å²) < 4.78 is 0. The molecular formula is C17H19NO. The van der Waals surface area contributed by atoms with Gasteiger partial charge in [-0.05, 0) is 37.1 Å². The van der Waals surface area contributed by atoms with Gasteiger partial charge in [-0.1, -0.05) is 37.3 Å². The van der Waals surface area contributed by atoms with Crippen LogP contribution in [0.15, 0.2) is 42.5 Å². The highest BCUT2D eigenvalue weighted by Gasteiger charge is 2.10. The minimum absolute atomic E-state index is 0.186. The number of aryl methyl sites for hydroxylation is 1. The second kappa shape index (κ2) is 5.70. The van der Waals surface area contributed by atoms with Crippen LogP contribution in [0, 0.1) is 13.8 Å². The molecule has 0 unspecified atom stereocenters. The molecule has 0 fully saturated rings. The van der Waals surface area contributed by atoms with Gasteiger partial charge >= 0.3 is 0 Å². The Labute approximate surface area is 114 Å². The smallest absolute Gasteiger partial charge is 0.162 e. The van der Waals surface area contributed by atoms with Crippen molar-refractivity contribution < 1.29 is 4.79 Å². The average Bonchev–Trinajstić information content (AvgIpc) is 2.42. The van der Waals surface area contributed by atoms with Crippen LogP contribution in [0.2, 0.25) is 0 Å². The maximum absolute atomic E-state index is 11.9. The Kier molecular flexibility index (Phi) is 4.00. The summed E-state index contributed by atoms with van der Waals surface area (Å²) in [5.41, 5.74) is 5.08. The third kappa shape index (κ3) is 2.84. The molecule has 0 spiro atoms. The molecular weight excluding hydrogens is 234 g/mol. The zero-order valence-electron chi connectivity index (χ0n) is 11.7. The number of benzene rings is 2. The number of carbonyl (C=O) groups excluding carboxylic acids is 1. The molecule has 2 rings (SSSR count). The first kappa shape index (κ1) is 13.3. The lowest BCUT2D eigenvalue weighted by Gasteiger charge is -2.14. The van der Waals surface area contributed by atoms with Gasteiger partial charge in [0.25, 0.3) is 0 Å².